The maximum absolute atomic E-state index is 12.5. The summed E-state index contributed by atoms with van der Waals surface area (Å²) in [5.41, 5.74) is -0.516. The fourth-order valence-electron chi connectivity index (χ4n) is 2.44. The molecule has 1 aromatic carbocycles. The minimum atomic E-state index is -1.09. The third kappa shape index (κ3) is 3.17. The maximum atomic E-state index is 12.5. The number of amides is 2. The second kappa shape index (κ2) is 6.16. The summed E-state index contributed by atoms with van der Waals surface area (Å²) in [5, 5.41) is 2.79. The number of hydrogen-bond donors (Lipinski definition) is 1. The van der Waals surface area contributed by atoms with Crippen molar-refractivity contribution in [3.63, 3.8) is 0 Å². The molecule has 2 rings (SSSR count). The van der Waals surface area contributed by atoms with Gasteiger partial charge in [0.15, 0.2) is 0 Å². The molecule has 0 saturated carbocycles. The third-order valence-corrected chi connectivity index (χ3v) is 3.85. The molecule has 114 valence electrons. The lowest BCUT2D eigenvalue weighted by Crippen LogP contribution is -2.46. The van der Waals surface area contributed by atoms with E-state index in [1.807, 2.05) is 12.1 Å². The average molecular weight is 290 g/mol. The molecule has 1 aliphatic rings. The second-order valence-electron chi connectivity index (χ2n) is 5.78. The molecule has 0 radical (unpaired) electrons. The first-order valence-corrected chi connectivity index (χ1v) is 7.20. The molecular formula is C16H22N2O3. The highest BCUT2D eigenvalue weighted by Gasteiger charge is 2.40. The van der Waals surface area contributed by atoms with Gasteiger partial charge in [-0.25, -0.2) is 0 Å². The lowest BCUT2D eigenvalue weighted by molar-refractivity contribution is -0.145. The minimum absolute atomic E-state index is 0.118. The van der Waals surface area contributed by atoms with Gasteiger partial charge in [0.1, 0.15) is 11.2 Å². The van der Waals surface area contributed by atoms with Crippen molar-refractivity contribution < 1.29 is 14.3 Å². The van der Waals surface area contributed by atoms with Gasteiger partial charge in [0, 0.05) is 13.1 Å². The molecule has 1 heterocycles. The van der Waals surface area contributed by atoms with E-state index in [1.54, 1.807) is 38.0 Å². The molecular weight excluding hydrogens is 268 g/mol. The Labute approximate surface area is 125 Å². The topological polar surface area (TPSA) is 58.6 Å². The maximum Gasteiger partial charge on any atom is 0.239 e. The number of anilines is 1. The van der Waals surface area contributed by atoms with Crippen LogP contribution < -0.4 is 10.1 Å². The van der Waals surface area contributed by atoms with E-state index in [0.717, 1.165) is 25.9 Å². The number of hydrogen-bond acceptors (Lipinski definition) is 3. The lowest BCUT2D eigenvalue weighted by Gasteiger charge is -2.28. The van der Waals surface area contributed by atoms with Crippen molar-refractivity contribution >= 4 is 17.5 Å². The van der Waals surface area contributed by atoms with E-state index in [4.69, 9.17) is 4.74 Å². The van der Waals surface area contributed by atoms with Crippen molar-refractivity contribution in [3.05, 3.63) is 24.3 Å². The van der Waals surface area contributed by atoms with E-state index in [2.05, 4.69) is 5.32 Å². The molecule has 0 atom stereocenters. The molecule has 1 aromatic rings. The van der Waals surface area contributed by atoms with E-state index >= 15 is 0 Å². The number of carbonyl (C=O) groups excluding carboxylic acids is 2. The standard InChI is InChI=1S/C16H22N2O3/c1-16(2,15(20)18-10-6-7-11-18)14(19)17-12-8-4-5-9-13(12)21-3/h4-5,8-9H,6-7,10-11H2,1-3H3,(H,17,19). The Balaban J connectivity index is 2.12. The fourth-order valence-corrected chi connectivity index (χ4v) is 2.44. The highest BCUT2D eigenvalue weighted by atomic mass is 16.5. The predicted molar refractivity (Wildman–Crippen MR) is 81.2 cm³/mol. The van der Waals surface area contributed by atoms with Gasteiger partial charge in [-0.3, -0.25) is 9.59 Å². The number of methoxy groups -OCH3 is 1. The van der Waals surface area contributed by atoms with Crippen molar-refractivity contribution in [2.45, 2.75) is 26.7 Å². The van der Waals surface area contributed by atoms with Gasteiger partial charge in [0.25, 0.3) is 0 Å². The first-order chi connectivity index (χ1) is 9.96. The van der Waals surface area contributed by atoms with Crippen LogP contribution in [-0.2, 0) is 9.59 Å². The van der Waals surface area contributed by atoms with Crippen LogP contribution in [0.5, 0.6) is 5.75 Å². The number of carbonyl (C=O) groups is 2. The Morgan fingerprint density at radius 1 is 1.19 bits per heavy atom. The summed E-state index contributed by atoms with van der Waals surface area (Å²) < 4.78 is 5.21. The molecule has 5 nitrogen and oxygen atoms in total. The van der Waals surface area contributed by atoms with Crippen molar-refractivity contribution in [2.24, 2.45) is 5.41 Å². The predicted octanol–water partition coefficient (Wildman–Crippen LogP) is 2.28. The van der Waals surface area contributed by atoms with E-state index in [1.165, 1.54) is 0 Å². The minimum Gasteiger partial charge on any atom is -0.495 e. The first-order valence-electron chi connectivity index (χ1n) is 7.20. The van der Waals surface area contributed by atoms with Crippen LogP contribution in [-0.4, -0.2) is 36.9 Å². The smallest absolute Gasteiger partial charge is 0.239 e. The highest BCUT2D eigenvalue weighted by Crippen LogP contribution is 2.28. The number of rotatable bonds is 4. The van der Waals surface area contributed by atoms with Crippen LogP contribution in [0.1, 0.15) is 26.7 Å². The van der Waals surface area contributed by atoms with Crippen LogP contribution in [0.2, 0.25) is 0 Å². The van der Waals surface area contributed by atoms with Gasteiger partial charge < -0.3 is 15.0 Å². The quantitative estimate of drug-likeness (QED) is 0.866. The Bertz CT molecular complexity index is 534. The van der Waals surface area contributed by atoms with Crippen LogP contribution in [0.25, 0.3) is 0 Å². The molecule has 0 aromatic heterocycles. The summed E-state index contributed by atoms with van der Waals surface area (Å²) in [7, 11) is 1.55. The van der Waals surface area contributed by atoms with Gasteiger partial charge in [-0.15, -0.1) is 0 Å². The van der Waals surface area contributed by atoms with Crippen molar-refractivity contribution in [1.82, 2.24) is 4.90 Å². The van der Waals surface area contributed by atoms with E-state index in [-0.39, 0.29) is 11.8 Å². The summed E-state index contributed by atoms with van der Waals surface area (Å²) >= 11 is 0. The molecule has 21 heavy (non-hydrogen) atoms. The Morgan fingerprint density at radius 3 is 2.43 bits per heavy atom. The highest BCUT2D eigenvalue weighted by molar-refractivity contribution is 6.10. The van der Waals surface area contributed by atoms with Gasteiger partial charge in [-0.1, -0.05) is 12.1 Å². The van der Waals surface area contributed by atoms with Gasteiger partial charge in [-0.2, -0.15) is 0 Å². The molecule has 0 aliphatic carbocycles. The van der Waals surface area contributed by atoms with E-state index < -0.39 is 5.41 Å². The van der Waals surface area contributed by atoms with Crippen molar-refractivity contribution in [1.29, 1.82) is 0 Å². The first kappa shape index (κ1) is 15.4. The van der Waals surface area contributed by atoms with E-state index in [9.17, 15) is 9.59 Å². The fraction of sp³-hybridized carbons (Fsp3) is 0.500. The summed E-state index contributed by atoms with van der Waals surface area (Å²) in [6.45, 7) is 4.81. The van der Waals surface area contributed by atoms with Crippen LogP contribution >= 0.6 is 0 Å². The summed E-state index contributed by atoms with van der Waals surface area (Å²) in [6.07, 6.45) is 2.02. The monoisotopic (exact) mass is 290 g/mol. The molecule has 1 N–H and O–H groups in total. The Hall–Kier alpha value is -2.04. The number of nitrogens with zero attached hydrogens (tertiary/aromatic N) is 1. The molecule has 1 saturated heterocycles. The van der Waals surface area contributed by atoms with Crippen molar-refractivity contribution in [3.8, 4) is 5.75 Å². The number of ether oxygens (including phenoxy) is 1. The zero-order valence-corrected chi connectivity index (χ0v) is 12.8. The second-order valence-corrected chi connectivity index (χ2v) is 5.78. The average Bonchev–Trinajstić information content (AvgIpc) is 3.01. The Morgan fingerprint density at radius 2 is 1.81 bits per heavy atom. The molecule has 1 aliphatic heterocycles. The number of likely N-dealkylation sites (tertiary alicyclic amines) is 1. The molecule has 0 bridgehead atoms. The lowest BCUT2D eigenvalue weighted by atomic mass is 9.90. The van der Waals surface area contributed by atoms with Gasteiger partial charge in [-0.05, 0) is 38.8 Å². The van der Waals surface area contributed by atoms with E-state index in [0.29, 0.717) is 11.4 Å². The van der Waals surface area contributed by atoms with Gasteiger partial charge in [0.05, 0.1) is 12.8 Å². The zero-order chi connectivity index (χ0) is 15.5. The van der Waals surface area contributed by atoms with Gasteiger partial charge in [0.2, 0.25) is 11.8 Å². The third-order valence-electron chi connectivity index (χ3n) is 3.85. The normalized spacial score (nSPS) is 14.9. The molecule has 1 fully saturated rings. The number of benzene rings is 1. The number of nitrogens with one attached hydrogen (secondary N) is 1. The summed E-state index contributed by atoms with van der Waals surface area (Å²) in [6, 6.07) is 7.17. The van der Waals surface area contributed by atoms with Crippen molar-refractivity contribution in [2.75, 3.05) is 25.5 Å². The van der Waals surface area contributed by atoms with Crippen LogP contribution in [0.15, 0.2) is 24.3 Å². The summed E-state index contributed by atoms with van der Waals surface area (Å²) in [4.78, 5) is 26.7. The largest absolute Gasteiger partial charge is 0.495 e. The van der Waals surface area contributed by atoms with Gasteiger partial charge >= 0.3 is 0 Å². The Kier molecular flexibility index (Phi) is 4.50. The van der Waals surface area contributed by atoms with Crippen LogP contribution in [0.4, 0.5) is 5.69 Å². The van der Waals surface area contributed by atoms with Crippen LogP contribution in [0.3, 0.4) is 0 Å². The summed E-state index contributed by atoms with van der Waals surface area (Å²) in [5.74, 6) is 0.145. The molecule has 5 heteroatoms. The molecule has 0 spiro atoms. The SMILES string of the molecule is COc1ccccc1NC(=O)C(C)(C)C(=O)N1CCCC1. The molecule has 0 unspecified atom stereocenters. The van der Waals surface area contributed by atoms with Crippen LogP contribution in [0, 0.1) is 5.41 Å². The molecule has 2 amide bonds. The zero-order valence-electron chi connectivity index (χ0n) is 12.8. The number of para-hydroxylation sites is 2.